The molecule has 1 aromatic carbocycles. The predicted molar refractivity (Wildman–Crippen MR) is 136 cm³/mol. The number of phenolic OH excluding ortho intramolecular Hbond substituents is 1. The molecule has 1 aromatic rings. The lowest BCUT2D eigenvalue weighted by molar-refractivity contribution is -0.143. The zero-order valence-electron chi connectivity index (χ0n) is 21.3. The highest BCUT2D eigenvalue weighted by molar-refractivity contribution is 6.53. The quantitative estimate of drug-likeness (QED) is 0.292. The van der Waals surface area contributed by atoms with Gasteiger partial charge in [0.1, 0.15) is 17.2 Å². The summed E-state index contributed by atoms with van der Waals surface area (Å²) in [6, 6.07) is 2.62. The minimum absolute atomic E-state index is 0.117. The molecule has 208 valence electrons. The Labute approximate surface area is 233 Å². The lowest BCUT2D eigenvalue weighted by Gasteiger charge is -2.51. The maximum absolute atomic E-state index is 13.7. The number of aliphatic carboxylic acids is 1. The van der Waals surface area contributed by atoms with Crippen LogP contribution >= 0.6 is 23.2 Å². The zero-order chi connectivity index (χ0) is 28.6. The van der Waals surface area contributed by atoms with E-state index in [0.717, 1.165) is 9.80 Å². The molecule has 2 N–H and O–H groups in total. The van der Waals surface area contributed by atoms with Crippen LogP contribution in [0.5, 0.6) is 17.2 Å². The van der Waals surface area contributed by atoms with Crippen molar-refractivity contribution in [3.05, 3.63) is 29.3 Å². The van der Waals surface area contributed by atoms with E-state index in [2.05, 4.69) is 0 Å². The lowest BCUT2D eigenvalue weighted by Crippen LogP contribution is -2.60. The number of likely N-dealkylation sites (tertiary alicyclic amines) is 2. The molecule has 0 aromatic heterocycles. The molecule has 6 unspecified atom stereocenters. The molecule has 0 spiro atoms. The highest BCUT2D eigenvalue weighted by Crippen LogP contribution is 2.67. The standard InChI is InChI=1S/C26H26Cl2N2O9/c1-29-23(36)25(27)10-14-12(4-5-13-18(14)22(35)30(21(13)34)7-6-17(32)33)20(26(25,28)24(29)37)19-15(38-2)8-11(31)9-16(19)39-3/h4,8-9,13-14,18,20,31H,5-7,10H2,1-3H3,(H,32,33). The van der Waals surface area contributed by atoms with Crippen molar-refractivity contribution in [2.24, 2.45) is 17.8 Å². The number of imide groups is 2. The number of ether oxygens (including phenoxy) is 2. The molecular weight excluding hydrogens is 555 g/mol. The summed E-state index contributed by atoms with van der Waals surface area (Å²) in [5.41, 5.74) is 0.769. The van der Waals surface area contributed by atoms with E-state index in [-0.39, 0.29) is 42.2 Å². The number of carboxylic acid groups (broad SMARTS) is 1. The van der Waals surface area contributed by atoms with Crippen LogP contribution in [0.2, 0.25) is 0 Å². The third kappa shape index (κ3) is 3.52. The summed E-state index contributed by atoms with van der Waals surface area (Å²) in [5.74, 6) is -7.28. The topological polar surface area (TPSA) is 151 Å². The van der Waals surface area contributed by atoms with Crippen LogP contribution < -0.4 is 9.47 Å². The van der Waals surface area contributed by atoms with E-state index in [1.165, 1.54) is 33.4 Å². The number of halogens is 2. The monoisotopic (exact) mass is 580 g/mol. The Morgan fingerprint density at radius 1 is 1.05 bits per heavy atom. The molecule has 13 heteroatoms. The molecular formula is C26H26Cl2N2O9. The second-order valence-electron chi connectivity index (χ2n) is 10.2. The molecule has 0 bridgehead atoms. The maximum Gasteiger partial charge on any atom is 0.305 e. The molecule has 2 saturated heterocycles. The molecule has 39 heavy (non-hydrogen) atoms. The second-order valence-corrected chi connectivity index (χ2v) is 11.5. The third-order valence-corrected chi connectivity index (χ3v) is 9.89. The van der Waals surface area contributed by atoms with Crippen molar-refractivity contribution in [1.82, 2.24) is 9.80 Å². The second kappa shape index (κ2) is 9.12. The Morgan fingerprint density at radius 3 is 2.23 bits per heavy atom. The number of hydrogen-bond donors (Lipinski definition) is 2. The number of hydrogen-bond acceptors (Lipinski definition) is 8. The average Bonchev–Trinajstić information content (AvgIpc) is 3.21. The van der Waals surface area contributed by atoms with Crippen LogP contribution in [0.3, 0.4) is 0 Å². The van der Waals surface area contributed by atoms with Gasteiger partial charge in [-0.3, -0.25) is 33.8 Å². The Morgan fingerprint density at radius 2 is 1.67 bits per heavy atom. The molecule has 2 aliphatic carbocycles. The van der Waals surface area contributed by atoms with Crippen molar-refractivity contribution < 1.29 is 43.7 Å². The fourth-order valence-corrected chi connectivity index (χ4v) is 7.77. The predicted octanol–water partition coefficient (Wildman–Crippen LogP) is 1.87. The minimum atomic E-state index is -2.05. The third-order valence-electron chi connectivity index (χ3n) is 8.47. The highest BCUT2D eigenvalue weighted by Gasteiger charge is 2.76. The van der Waals surface area contributed by atoms with E-state index >= 15 is 0 Å². The van der Waals surface area contributed by atoms with Crippen molar-refractivity contribution >= 4 is 52.8 Å². The fourth-order valence-electron chi connectivity index (χ4n) is 6.76. The van der Waals surface area contributed by atoms with E-state index < -0.39 is 69.4 Å². The number of alkyl halides is 2. The molecule has 6 atom stereocenters. The number of carbonyl (C=O) groups excluding carboxylic acids is 4. The Hall–Kier alpha value is -3.31. The van der Waals surface area contributed by atoms with Crippen LogP contribution in [-0.4, -0.2) is 87.2 Å². The van der Waals surface area contributed by atoms with Gasteiger partial charge in [-0.25, -0.2) is 0 Å². The van der Waals surface area contributed by atoms with Gasteiger partial charge in [0, 0.05) is 37.2 Å². The molecule has 11 nitrogen and oxygen atoms in total. The first kappa shape index (κ1) is 27.3. The first-order valence-corrected chi connectivity index (χ1v) is 13.0. The number of rotatable bonds is 6. The van der Waals surface area contributed by atoms with Crippen LogP contribution in [0.4, 0.5) is 0 Å². The van der Waals surface area contributed by atoms with Crippen molar-refractivity contribution in [3.63, 3.8) is 0 Å². The summed E-state index contributed by atoms with van der Waals surface area (Å²) >= 11 is 14.3. The molecule has 2 heterocycles. The Balaban J connectivity index is 1.73. The van der Waals surface area contributed by atoms with E-state index in [9.17, 15) is 29.1 Å². The van der Waals surface area contributed by atoms with E-state index in [4.69, 9.17) is 37.8 Å². The number of phenols is 1. The number of benzene rings is 1. The number of fused-ring (bicyclic) bond motifs is 4. The van der Waals surface area contributed by atoms with Crippen molar-refractivity contribution in [2.45, 2.75) is 34.9 Å². The van der Waals surface area contributed by atoms with Gasteiger partial charge < -0.3 is 19.7 Å². The normalized spacial score (nSPS) is 33.5. The number of nitrogens with zero attached hydrogens (tertiary/aromatic N) is 2. The largest absolute Gasteiger partial charge is 0.508 e. The van der Waals surface area contributed by atoms with E-state index in [1.54, 1.807) is 6.08 Å². The van der Waals surface area contributed by atoms with Gasteiger partial charge in [-0.2, -0.15) is 0 Å². The van der Waals surface area contributed by atoms with Crippen LogP contribution in [0.15, 0.2) is 23.8 Å². The average molecular weight is 581 g/mol. The zero-order valence-corrected chi connectivity index (χ0v) is 22.8. The molecule has 3 fully saturated rings. The number of allylic oxidation sites excluding steroid dienone is 2. The summed E-state index contributed by atoms with van der Waals surface area (Å²) < 4.78 is 11.1. The van der Waals surface area contributed by atoms with Crippen LogP contribution in [-0.2, 0) is 24.0 Å². The minimum Gasteiger partial charge on any atom is -0.508 e. The molecule has 5 rings (SSSR count). The molecule has 4 aliphatic rings. The number of aromatic hydroxyl groups is 1. The summed E-state index contributed by atoms with van der Waals surface area (Å²) in [6.45, 7) is -0.281. The van der Waals surface area contributed by atoms with Gasteiger partial charge in [0.05, 0.1) is 32.5 Å². The van der Waals surface area contributed by atoms with Gasteiger partial charge in [-0.05, 0) is 18.8 Å². The molecule has 1 saturated carbocycles. The SMILES string of the molecule is COc1cc(O)cc(OC)c1C1C2=CCC3C(=O)N(CCC(=O)O)C(=O)C3C2CC2(Cl)C(=O)N(C)C(=O)C12Cl. The number of carboxylic acids is 1. The Kier molecular flexibility index (Phi) is 6.38. The Bertz CT molecular complexity index is 1340. The van der Waals surface area contributed by atoms with Gasteiger partial charge in [0.15, 0.2) is 9.75 Å². The van der Waals surface area contributed by atoms with Gasteiger partial charge in [-0.1, -0.05) is 11.6 Å². The number of carbonyl (C=O) groups is 5. The van der Waals surface area contributed by atoms with Crippen molar-refractivity contribution in [1.29, 1.82) is 0 Å². The summed E-state index contributed by atoms with van der Waals surface area (Å²) in [6.07, 6.45) is 1.26. The lowest BCUT2D eigenvalue weighted by atomic mass is 9.56. The van der Waals surface area contributed by atoms with Gasteiger partial charge in [-0.15, -0.1) is 23.2 Å². The number of amides is 4. The number of methoxy groups -OCH3 is 2. The maximum atomic E-state index is 13.7. The van der Waals surface area contributed by atoms with E-state index in [1.807, 2.05) is 0 Å². The van der Waals surface area contributed by atoms with Crippen LogP contribution in [0.1, 0.15) is 30.7 Å². The smallest absolute Gasteiger partial charge is 0.305 e. The van der Waals surface area contributed by atoms with Gasteiger partial charge in [0.2, 0.25) is 11.8 Å². The first-order valence-electron chi connectivity index (χ1n) is 12.3. The fraction of sp³-hybridized carbons (Fsp3) is 0.500. The highest BCUT2D eigenvalue weighted by atomic mass is 35.5. The molecule has 4 amide bonds. The van der Waals surface area contributed by atoms with Gasteiger partial charge >= 0.3 is 5.97 Å². The van der Waals surface area contributed by atoms with Crippen LogP contribution in [0, 0.1) is 17.8 Å². The molecule has 2 aliphatic heterocycles. The molecule has 0 radical (unpaired) electrons. The summed E-state index contributed by atoms with van der Waals surface area (Å²) in [7, 11) is 3.98. The summed E-state index contributed by atoms with van der Waals surface area (Å²) in [4.78, 5) is 62.9. The van der Waals surface area contributed by atoms with Crippen molar-refractivity contribution in [2.75, 3.05) is 27.8 Å². The van der Waals surface area contributed by atoms with Crippen LogP contribution in [0.25, 0.3) is 0 Å². The summed E-state index contributed by atoms with van der Waals surface area (Å²) in [5, 5.41) is 19.4. The first-order chi connectivity index (χ1) is 18.3. The van der Waals surface area contributed by atoms with E-state index in [0.29, 0.717) is 5.57 Å². The van der Waals surface area contributed by atoms with Gasteiger partial charge in [0.25, 0.3) is 11.8 Å². The van der Waals surface area contributed by atoms with Crippen molar-refractivity contribution in [3.8, 4) is 17.2 Å².